The van der Waals surface area contributed by atoms with Gasteiger partial charge in [-0.3, -0.25) is 0 Å². The van der Waals surface area contributed by atoms with Gasteiger partial charge in [-0.2, -0.15) is 0 Å². The number of rotatable bonds is 5. The van der Waals surface area contributed by atoms with Crippen molar-refractivity contribution in [2.45, 2.75) is 43.4 Å². The molecule has 0 bridgehead atoms. The van der Waals surface area contributed by atoms with E-state index in [9.17, 15) is 20.4 Å². The van der Waals surface area contributed by atoms with E-state index in [1.807, 2.05) is 6.08 Å². The molecule has 0 saturated carbocycles. The van der Waals surface area contributed by atoms with E-state index >= 15 is 0 Å². The molecule has 2 aromatic rings. The Hall–Kier alpha value is -1.30. The lowest BCUT2D eigenvalue weighted by atomic mass is 9.90. The van der Waals surface area contributed by atoms with Crippen LogP contribution in [0, 0.1) is 0 Å². The van der Waals surface area contributed by atoms with Gasteiger partial charge in [-0.1, -0.05) is 34.5 Å². The molecule has 0 spiro atoms. The van der Waals surface area contributed by atoms with Crippen LogP contribution in [0.5, 0.6) is 0 Å². The topological polar surface area (TPSA) is 125 Å². The van der Waals surface area contributed by atoms with E-state index in [1.165, 1.54) is 17.4 Å². The molecule has 11 heteroatoms. The van der Waals surface area contributed by atoms with E-state index in [4.69, 9.17) is 32.7 Å². The van der Waals surface area contributed by atoms with Gasteiger partial charge in [-0.25, -0.2) is 0 Å². The summed E-state index contributed by atoms with van der Waals surface area (Å²) < 4.78 is 11.1. The number of hydrogen-bond donors (Lipinski definition) is 4. The predicted molar refractivity (Wildman–Crippen MR) is 110 cm³/mol. The van der Waals surface area contributed by atoms with Gasteiger partial charge in [0.25, 0.3) is 0 Å². The van der Waals surface area contributed by atoms with E-state index in [2.05, 4.69) is 10.2 Å². The first kappa shape index (κ1) is 21.9. The third-order valence-electron chi connectivity index (χ3n) is 5.09. The summed E-state index contributed by atoms with van der Waals surface area (Å²) in [6.45, 7) is 0.112. The third kappa shape index (κ3) is 4.21. The van der Waals surface area contributed by atoms with Crippen molar-refractivity contribution >= 4 is 40.3 Å². The van der Waals surface area contributed by atoms with Crippen LogP contribution < -0.4 is 0 Å². The Labute approximate surface area is 186 Å². The average molecular weight is 475 g/mol. The van der Waals surface area contributed by atoms with E-state index in [1.54, 1.807) is 6.07 Å². The van der Waals surface area contributed by atoms with Gasteiger partial charge < -0.3 is 29.9 Å². The lowest BCUT2D eigenvalue weighted by molar-refractivity contribution is -0.231. The molecule has 0 aliphatic carbocycles. The van der Waals surface area contributed by atoms with Crippen molar-refractivity contribution in [3.05, 3.63) is 49.4 Å². The number of benzene rings is 1. The Bertz CT molecular complexity index is 953. The molecule has 162 valence electrons. The van der Waals surface area contributed by atoms with Crippen LogP contribution in [0.15, 0.2) is 18.2 Å². The summed E-state index contributed by atoms with van der Waals surface area (Å²) in [6, 6.07) is 3.20. The van der Waals surface area contributed by atoms with Gasteiger partial charge in [0.15, 0.2) is 10.8 Å². The molecule has 0 radical (unpaired) electrons. The fourth-order valence-electron chi connectivity index (χ4n) is 3.48. The standard InChI is InChI=1S/C19H20Cl2N2O6S/c20-10-6-11(21)9(18-17(27)16(26)15(25)13(7-24)29-18)4-8(10)5-14-22-23-19(30-14)12-2-1-3-28-12/h2,4,6,13,15-18,24-27H,1,3,5,7H2/t13-,15-,16+,17-,18+/m1/s1. The fourth-order valence-corrected chi connectivity index (χ4v) is 4.89. The maximum atomic E-state index is 10.4. The molecule has 1 aromatic carbocycles. The van der Waals surface area contributed by atoms with Crippen LogP contribution in [-0.4, -0.2) is 68.3 Å². The summed E-state index contributed by atoms with van der Waals surface area (Å²) in [5.41, 5.74) is 1.07. The highest BCUT2D eigenvalue weighted by Gasteiger charge is 2.44. The first-order valence-corrected chi connectivity index (χ1v) is 10.9. The highest BCUT2D eigenvalue weighted by Crippen LogP contribution is 2.39. The highest BCUT2D eigenvalue weighted by atomic mass is 35.5. The number of nitrogens with zero attached hydrogens (tertiary/aromatic N) is 2. The molecule has 1 saturated heterocycles. The fraction of sp³-hybridized carbons (Fsp3) is 0.474. The second kappa shape index (κ2) is 9.05. The van der Waals surface area contributed by atoms with Crippen molar-refractivity contribution in [1.82, 2.24) is 10.2 Å². The number of hydrogen-bond acceptors (Lipinski definition) is 9. The Morgan fingerprint density at radius 3 is 2.57 bits per heavy atom. The first-order valence-electron chi connectivity index (χ1n) is 9.33. The Morgan fingerprint density at radius 1 is 1.07 bits per heavy atom. The predicted octanol–water partition coefficient (Wildman–Crippen LogP) is 1.71. The first-order chi connectivity index (χ1) is 14.4. The molecular weight excluding hydrogens is 455 g/mol. The molecular formula is C19H20Cl2N2O6S. The Kier molecular flexibility index (Phi) is 6.61. The summed E-state index contributed by atoms with van der Waals surface area (Å²) in [6.07, 6.45) is -3.29. The summed E-state index contributed by atoms with van der Waals surface area (Å²) >= 11 is 14.1. The molecule has 30 heavy (non-hydrogen) atoms. The third-order valence-corrected chi connectivity index (χ3v) is 6.71. The maximum absolute atomic E-state index is 10.4. The van der Waals surface area contributed by atoms with Crippen molar-refractivity contribution in [3.8, 4) is 0 Å². The van der Waals surface area contributed by atoms with Crippen LogP contribution in [0.1, 0.15) is 33.7 Å². The van der Waals surface area contributed by atoms with Gasteiger partial charge in [0, 0.05) is 28.5 Å². The number of aliphatic hydroxyl groups excluding tert-OH is 4. The SMILES string of the molecule is OC[C@H]1O[C@@H](c2cc(Cc3nnc(C4=CCCO4)s3)c(Cl)cc2Cl)[C@H](O)[C@@H](O)[C@@H]1O. The monoisotopic (exact) mass is 474 g/mol. The van der Waals surface area contributed by atoms with E-state index in [0.717, 1.165) is 12.2 Å². The van der Waals surface area contributed by atoms with Crippen molar-refractivity contribution in [2.24, 2.45) is 0 Å². The minimum absolute atomic E-state index is 0.232. The molecule has 1 fully saturated rings. The van der Waals surface area contributed by atoms with E-state index < -0.39 is 37.1 Å². The molecule has 8 nitrogen and oxygen atoms in total. The minimum atomic E-state index is -1.50. The van der Waals surface area contributed by atoms with Crippen molar-refractivity contribution in [1.29, 1.82) is 0 Å². The number of aromatic nitrogens is 2. The molecule has 2 aliphatic heterocycles. The molecule has 3 heterocycles. The van der Waals surface area contributed by atoms with Crippen molar-refractivity contribution in [3.63, 3.8) is 0 Å². The number of halogens is 2. The van der Waals surface area contributed by atoms with E-state index in [0.29, 0.717) is 39.2 Å². The highest BCUT2D eigenvalue weighted by molar-refractivity contribution is 7.12. The van der Waals surface area contributed by atoms with Crippen LogP contribution >= 0.6 is 34.5 Å². The number of ether oxygens (including phenoxy) is 2. The normalized spacial score (nSPS) is 29.0. The quantitative estimate of drug-likeness (QED) is 0.515. The lowest BCUT2D eigenvalue weighted by Gasteiger charge is -2.40. The van der Waals surface area contributed by atoms with Crippen LogP contribution in [0.2, 0.25) is 10.0 Å². The zero-order chi connectivity index (χ0) is 21.4. The van der Waals surface area contributed by atoms with Crippen molar-refractivity contribution < 1.29 is 29.9 Å². The zero-order valence-corrected chi connectivity index (χ0v) is 17.9. The lowest BCUT2D eigenvalue weighted by Crippen LogP contribution is -2.55. The number of aliphatic hydroxyl groups is 4. The van der Waals surface area contributed by atoms with Crippen molar-refractivity contribution in [2.75, 3.05) is 13.2 Å². The summed E-state index contributed by atoms with van der Waals surface area (Å²) in [5, 5.41) is 50.3. The van der Waals surface area contributed by atoms with E-state index in [-0.39, 0.29) is 5.02 Å². The van der Waals surface area contributed by atoms with Crippen LogP contribution in [0.3, 0.4) is 0 Å². The Balaban J connectivity index is 1.61. The molecule has 4 rings (SSSR count). The summed E-state index contributed by atoms with van der Waals surface area (Å²) in [5.74, 6) is 0.725. The van der Waals surface area contributed by atoms with Gasteiger partial charge >= 0.3 is 0 Å². The summed E-state index contributed by atoms with van der Waals surface area (Å²) in [4.78, 5) is 0. The van der Waals surface area contributed by atoms with Crippen LogP contribution in [0.4, 0.5) is 0 Å². The van der Waals surface area contributed by atoms with Gasteiger partial charge in [-0.05, 0) is 23.8 Å². The van der Waals surface area contributed by atoms with Gasteiger partial charge in [-0.15, -0.1) is 10.2 Å². The molecule has 0 amide bonds. The molecule has 1 aromatic heterocycles. The van der Waals surface area contributed by atoms with Gasteiger partial charge in [0.05, 0.1) is 13.2 Å². The van der Waals surface area contributed by atoms with Gasteiger partial charge in [0.1, 0.15) is 35.5 Å². The van der Waals surface area contributed by atoms with Gasteiger partial charge in [0.2, 0.25) is 0 Å². The molecule has 5 atom stereocenters. The largest absolute Gasteiger partial charge is 0.490 e. The molecule has 4 N–H and O–H groups in total. The smallest absolute Gasteiger partial charge is 0.182 e. The Morgan fingerprint density at radius 2 is 1.87 bits per heavy atom. The van der Waals surface area contributed by atoms with Crippen LogP contribution in [0.25, 0.3) is 5.76 Å². The maximum Gasteiger partial charge on any atom is 0.182 e. The second-order valence-electron chi connectivity index (χ2n) is 7.10. The second-order valence-corrected chi connectivity index (χ2v) is 8.97. The molecule has 0 unspecified atom stereocenters. The molecule has 2 aliphatic rings. The zero-order valence-electron chi connectivity index (χ0n) is 15.6. The summed E-state index contributed by atoms with van der Waals surface area (Å²) in [7, 11) is 0. The minimum Gasteiger partial charge on any atom is -0.490 e. The average Bonchev–Trinajstić information content (AvgIpc) is 3.41. The van der Waals surface area contributed by atoms with Crippen LogP contribution in [-0.2, 0) is 15.9 Å².